The van der Waals surface area contributed by atoms with Crippen molar-refractivity contribution >= 4 is 17.5 Å². The first-order chi connectivity index (χ1) is 12.7. The number of benzene rings is 2. The molecular formula is C20H20N2O4. The third-order valence-electron chi connectivity index (χ3n) is 4.63. The summed E-state index contributed by atoms with van der Waals surface area (Å²) >= 11 is 0. The average molecular weight is 352 g/mol. The number of fused-ring (bicyclic) bond motifs is 2. The molecule has 2 aromatic rings. The van der Waals surface area contributed by atoms with Crippen LogP contribution in [0.15, 0.2) is 48.5 Å². The number of nitrogens with one attached hydrogen (secondary N) is 1. The Bertz CT molecular complexity index is 836. The summed E-state index contributed by atoms with van der Waals surface area (Å²) in [5.41, 5.74) is 1.61. The summed E-state index contributed by atoms with van der Waals surface area (Å²) in [4.78, 5) is 26.6. The van der Waals surface area contributed by atoms with E-state index in [0.29, 0.717) is 31.1 Å². The number of amides is 2. The maximum absolute atomic E-state index is 12.7. The molecule has 4 rings (SSSR count). The van der Waals surface area contributed by atoms with Crippen molar-refractivity contribution in [2.75, 3.05) is 24.7 Å². The van der Waals surface area contributed by atoms with Crippen LogP contribution < -0.4 is 19.7 Å². The number of carbonyl (C=O) groups excluding carboxylic acids is 2. The number of anilines is 1. The number of hydrogen-bond acceptors (Lipinski definition) is 4. The van der Waals surface area contributed by atoms with Gasteiger partial charge in [0.05, 0.1) is 31.4 Å². The molecule has 2 aliphatic rings. The first kappa shape index (κ1) is 16.4. The van der Waals surface area contributed by atoms with Crippen molar-refractivity contribution in [3.05, 3.63) is 54.1 Å². The fourth-order valence-corrected chi connectivity index (χ4v) is 3.37. The van der Waals surface area contributed by atoms with Crippen LogP contribution in [0.2, 0.25) is 0 Å². The second-order valence-electron chi connectivity index (χ2n) is 6.34. The standard InChI is InChI=1S/C20H20N2O4/c23-19(21-15-9-11-25-17-7-3-1-5-14(15)17)13-22-16-6-2-4-8-18(16)26-12-10-20(22)24/h1-8,15H,9-13H2,(H,21,23)/t15-/m1/s1. The second-order valence-corrected chi connectivity index (χ2v) is 6.34. The molecule has 2 aromatic carbocycles. The molecule has 2 amide bonds. The predicted octanol–water partition coefficient (Wildman–Crippen LogP) is 2.44. The molecule has 0 aromatic heterocycles. The summed E-state index contributed by atoms with van der Waals surface area (Å²) in [5, 5.41) is 3.04. The van der Waals surface area contributed by atoms with E-state index in [2.05, 4.69) is 5.32 Å². The first-order valence-corrected chi connectivity index (χ1v) is 8.75. The molecule has 26 heavy (non-hydrogen) atoms. The third-order valence-corrected chi connectivity index (χ3v) is 4.63. The fraction of sp³-hybridized carbons (Fsp3) is 0.300. The van der Waals surface area contributed by atoms with Crippen molar-refractivity contribution in [2.24, 2.45) is 0 Å². The third kappa shape index (κ3) is 3.22. The molecule has 0 saturated carbocycles. The molecule has 0 spiro atoms. The highest BCUT2D eigenvalue weighted by molar-refractivity contribution is 6.00. The van der Waals surface area contributed by atoms with Crippen LogP contribution in [-0.4, -0.2) is 31.6 Å². The van der Waals surface area contributed by atoms with E-state index < -0.39 is 0 Å². The van der Waals surface area contributed by atoms with Gasteiger partial charge < -0.3 is 14.8 Å². The van der Waals surface area contributed by atoms with Crippen LogP contribution in [0.5, 0.6) is 11.5 Å². The minimum atomic E-state index is -0.197. The highest BCUT2D eigenvalue weighted by atomic mass is 16.5. The van der Waals surface area contributed by atoms with Crippen molar-refractivity contribution in [2.45, 2.75) is 18.9 Å². The highest BCUT2D eigenvalue weighted by Gasteiger charge is 2.27. The van der Waals surface area contributed by atoms with Gasteiger partial charge in [-0.1, -0.05) is 30.3 Å². The lowest BCUT2D eigenvalue weighted by Gasteiger charge is -2.28. The predicted molar refractivity (Wildman–Crippen MR) is 96.3 cm³/mol. The second kappa shape index (κ2) is 7.07. The quantitative estimate of drug-likeness (QED) is 0.921. The molecule has 134 valence electrons. The lowest BCUT2D eigenvalue weighted by molar-refractivity contribution is -0.124. The Hall–Kier alpha value is -3.02. The van der Waals surface area contributed by atoms with Gasteiger partial charge in [0.1, 0.15) is 18.0 Å². The van der Waals surface area contributed by atoms with Crippen LogP contribution in [0.1, 0.15) is 24.4 Å². The van der Waals surface area contributed by atoms with Crippen molar-refractivity contribution in [3.63, 3.8) is 0 Å². The van der Waals surface area contributed by atoms with Crippen LogP contribution in [-0.2, 0) is 9.59 Å². The zero-order chi connectivity index (χ0) is 17.9. The molecule has 6 nitrogen and oxygen atoms in total. The molecule has 0 radical (unpaired) electrons. The Morgan fingerprint density at radius 3 is 2.65 bits per heavy atom. The van der Waals surface area contributed by atoms with E-state index in [-0.39, 0.29) is 30.8 Å². The van der Waals surface area contributed by atoms with E-state index in [1.165, 1.54) is 4.90 Å². The Kier molecular flexibility index (Phi) is 4.48. The Balaban J connectivity index is 1.51. The Labute approximate surface area is 151 Å². The van der Waals surface area contributed by atoms with Gasteiger partial charge in [-0.15, -0.1) is 0 Å². The van der Waals surface area contributed by atoms with Crippen molar-refractivity contribution < 1.29 is 19.1 Å². The molecule has 1 N–H and O–H groups in total. The van der Waals surface area contributed by atoms with Gasteiger partial charge in [-0.2, -0.15) is 0 Å². The van der Waals surface area contributed by atoms with Crippen LogP contribution in [0, 0.1) is 0 Å². The van der Waals surface area contributed by atoms with E-state index in [0.717, 1.165) is 11.3 Å². The summed E-state index contributed by atoms with van der Waals surface area (Å²) in [7, 11) is 0. The minimum absolute atomic E-state index is 0.0290. The number of hydrogen-bond donors (Lipinski definition) is 1. The van der Waals surface area contributed by atoms with E-state index in [4.69, 9.17) is 9.47 Å². The van der Waals surface area contributed by atoms with Crippen LogP contribution >= 0.6 is 0 Å². The summed E-state index contributed by atoms with van der Waals surface area (Å²) in [5.74, 6) is 1.12. The average Bonchev–Trinajstić information content (AvgIpc) is 2.81. The van der Waals surface area contributed by atoms with Gasteiger partial charge in [-0.05, 0) is 18.2 Å². The normalized spacial score (nSPS) is 18.7. The van der Waals surface area contributed by atoms with E-state index >= 15 is 0 Å². The summed E-state index contributed by atoms with van der Waals surface area (Å²) < 4.78 is 11.2. The maximum atomic E-state index is 12.7. The van der Waals surface area contributed by atoms with Gasteiger partial charge >= 0.3 is 0 Å². The molecule has 0 bridgehead atoms. The summed E-state index contributed by atoms with van der Waals surface area (Å²) in [6.07, 6.45) is 0.957. The lowest BCUT2D eigenvalue weighted by atomic mass is 10.0. The van der Waals surface area contributed by atoms with Crippen molar-refractivity contribution in [1.29, 1.82) is 0 Å². The molecule has 2 heterocycles. The molecular weight excluding hydrogens is 332 g/mol. The highest BCUT2D eigenvalue weighted by Crippen LogP contribution is 2.33. The zero-order valence-electron chi connectivity index (χ0n) is 14.3. The summed E-state index contributed by atoms with van der Waals surface area (Å²) in [6, 6.07) is 14.9. The maximum Gasteiger partial charge on any atom is 0.240 e. The largest absolute Gasteiger partial charge is 0.493 e. The van der Waals surface area contributed by atoms with Gasteiger partial charge in [0.15, 0.2) is 0 Å². The first-order valence-electron chi connectivity index (χ1n) is 8.75. The molecule has 0 saturated heterocycles. The number of para-hydroxylation sites is 3. The minimum Gasteiger partial charge on any atom is -0.493 e. The van der Waals surface area contributed by atoms with Gasteiger partial charge in [-0.3, -0.25) is 14.5 Å². The monoisotopic (exact) mass is 352 g/mol. The van der Waals surface area contributed by atoms with E-state index in [1.807, 2.05) is 42.5 Å². The van der Waals surface area contributed by atoms with Gasteiger partial charge in [0.25, 0.3) is 0 Å². The van der Waals surface area contributed by atoms with E-state index in [9.17, 15) is 9.59 Å². The molecule has 6 heteroatoms. The van der Waals surface area contributed by atoms with Gasteiger partial charge in [0, 0.05) is 12.0 Å². The smallest absolute Gasteiger partial charge is 0.240 e. The van der Waals surface area contributed by atoms with Crippen LogP contribution in [0.4, 0.5) is 5.69 Å². The summed E-state index contributed by atoms with van der Waals surface area (Å²) in [6.45, 7) is 0.849. The lowest BCUT2D eigenvalue weighted by Crippen LogP contribution is -2.42. The van der Waals surface area contributed by atoms with Crippen LogP contribution in [0.25, 0.3) is 0 Å². The van der Waals surface area contributed by atoms with E-state index in [1.54, 1.807) is 6.07 Å². The van der Waals surface area contributed by atoms with Gasteiger partial charge in [0.2, 0.25) is 11.8 Å². The molecule has 0 fully saturated rings. The van der Waals surface area contributed by atoms with Crippen molar-refractivity contribution in [1.82, 2.24) is 5.32 Å². The molecule has 2 aliphatic heterocycles. The van der Waals surface area contributed by atoms with Crippen LogP contribution in [0.3, 0.4) is 0 Å². The number of carbonyl (C=O) groups is 2. The number of nitrogens with zero attached hydrogens (tertiary/aromatic N) is 1. The molecule has 0 unspecified atom stereocenters. The number of ether oxygens (including phenoxy) is 2. The van der Waals surface area contributed by atoms with Gasteiger partial charge in [-0.25, -0.2) is 0 Å². The number of rotatable bonds is 3. The SMILES string of the molecule is O=C(CN1C(=O)CCOc2ccccc21)N[C@@H]1CCOc2ccccc21. The fourth-order valence-electron chi connectivity index (χ4n) is 3.37. The Morgan fingerprint density at radius 1 is 1.04 bits per heavy atom. The zero-order valence-corrected chi connectivity index (χ0v) is 14.3. The Morgan fingerprint density at radius 2 is 1.77 bits per heavy atom. The topological polar surface area (TPSA) is 67.9 Å². The molecule has 0 aliphatic carbocycles. The van der Waals surface area contributed by atoms with Crippen molar-refractivity contribution in [3.8, 4) is 11.5 Å². The molecule has 1 atom stereocenters.